The molecule has 1 aromatic rings. The van der Waals surface area contributed by atoms with Gasteiger partial charge in [0, 0.05) is 18.2 Å². The van der Waals surface area contributed by atoms with Crippen LogP contribution in [0.4, 0.5) is 8.78 Å². The average Bonchev–Trinajstić information content (AvgIpc) is 2.02. The molecule has 0 N–H and O–H groups in total. The summed E-state index contributed by atoms with van der Waals surface area (Å²) in [5, 5.41) is 0. The fraction of sp³-hybridized carbons (Fsp3) is 0.143. The lowest BCUT2D eigenvalue weighted by atomic mass is 10.3. The lowest BCUT2D eigenvalue weighted by molar-refractivity contribution is 0.382. The molecule has 0 saturated carbocycles. The van der Waals surface area contributed by atoms with Crippen molar-refractivity contribution in [2.24, 2.45) is 0 Å². The Balaban J connectivity index is 2.83. The maximum atomic E-state index is 12.5. The average molecular weight is 208 g/mol. The van der Waals surface area contributed by atoms with Gasteiger partial charge in [0.05, 0.1) is 7.11 Å². The number of hydrogen-bond acceptors (Lipinski definition) is 3. The molecule has 0 aliphatic carbocycles. The van der Waals surface area contributed by atoms with E-state index in [9.17, 15) is 13.0 Å². The predicted octanol–water partition coefficient (Wildman–Crippen LogP) is 1.57. The van der Waals surface area contributed by atoms with Crippen molar-refractivity contribution in [1.82, 2.24) is 0 Å². The largest absolute Gasteiger partial charge is 0.380 e. The minimum absolute atomic E-state index is 0.183. The summed E-state index contributed by atoms with van der Waals surface area (Å²) >= 11 is -2.03. The van der Waals surface area contributed by atoms with Crippen LogP contribution >= 0.6 is 0 Å². The normalized spacial score (nSPS) is 12.5. The maximum absolute atomic E-state index is 12.5. The molecule has 1 aromatic carbocycles. The molecule has 1 atom stereocenters. The van der Waals surface area contributed by atoms with Gasteiger partial charge in [-0.3, -0.25) is 4.18 Å². The molecule has 0 spiro atoms. The molecule has 0 fully saturated rings. The minimum atomic E-state index is -2.03. The van der Waals surface area contributed by atoms with Crippen LogP contribution < -0.4 is 4.18 Å². The fourth-order valence-electron chi connectivity index (χ4n) is 0.689. The SMILES string of the molecule is COS(=O)Oc1cc(F)cc(F)c1. The second-order valence-electron chi connectivity index (χ2n) is 2.06. The van der Waals surface area contributed by atoms with Gasteiger partial charge in [-0.1, -0.05) is 0 Å². The molecule has 0 amide bonds. The quantitative estimate of drug-likeness (QED) is 0.756. The van der Waals surface area contributed by atoms with Gasteiger partial charge in [0.1, 0.15) is 17.4 Å². The first-order chi connectivity index (χ1) is 6.11. The molecule has 0 radical (unpaired) electrons. The Bertz CT molecular complexity index is 309. The third kappa shape index (κ3) is 3.08. The zero-order valence-electron chi connectivity index (χ0n) is 6.62. The molecule has 0 heterocycles. The first-order valence-electron chi connectivity index (χ1n) is 3.22. The summed E-state index contributed by atoms with van der Waals surface area (Å²) in [5.41, 5.74) is 0. The molecule has 0 aromatic heterocycles. The van der Waals surface area contributed by atoms with Crippen molar-refractivity contribution in [2.45, 2.75) is 0 Å². The van der Waals surface area contributed by atoms with Gasteiger partial charge in [-0.25, -0.2) is 8.78 Å². The third-order valence-corrected chi connectivity index (χ3v) is 1.74. The molecule has 3 nitrogen and oxygen atoms in total. The Morgan fingerprint density at radius 3 is 2.23 bits per heavy atom. The van der Waals surface area contributed by atoms with Gasteiger partial charge in [0.25, 0.3) is 0 Å². The van der Waals surface area contributed by atoms with Crippen LogP contribution in [0, 0.1) is 11.6 Å². The Morgan fingerprint density at radius 1 is 1.23 bits per heavy atom. The van der Waals surface area contributed by atoms with Crippen molar-refractivity contribution in [3.8, 4) is 5.75 Å². The Labute approximate surface area is 76.1 Å². The molecular weight excluding hydrogens is 202 g/mol. The van der Waals surface area contributed by atoms with Crippen LogP contribution in [0.2, 0.25) is 0 Å². The summed E-state index contributed by atoms with van der Waals surface area (Å²) in [4.78, 5) is 0. The van der Waals surface area contributed by atoms with Crippen molar-refractivity contribution >= 4 is 11.4 Å². The highest BCUT2D eigenvalue weighted by Gasteiger charge is 2.05. The number of halogens is 2. The highest BCUT2D eigenvalue weighted by atomic mass is 32.2. The summed E-state index contributed by atoms with van der Waals surface area (Å²) in [6.07, 6.45) is 0. The summed E-state index contributed by atoms with van der Waals surface area (Å²) in [6, 6.07) is 2.49. The van der Waals surface area contributed by atoms with E-state index in [2.05, 4.69) is 8.37 Å². The van der Waals surface area contributed by atoms with E-state index in [1.807, 2.05) is 0 Å². The topological polar surface area (TPSA) is 35.5 Å². The predicted molar refractivity (Wildman–Crippen MR) is 42.1 cm³/mol. The van der Waals surface area contributed by atoms with Crippen LogP contribution in [0.5, 0.6) is 5.75 Å². The first-order valence-corrected chi connectivity index (χ1v) is 4.22. The summed E-state index contributed by atoms with van der Waals surface area (Å²) < 4.78 is 44.4. The highest BCUT2D eigenvalue weighted by molar-refractivity contribution is 7.75. The summed E-state index contributed by atoms with van der Waals surface area (Å²) in [5.74, 6) is -1.79. The fourth-order valence-corrected chi connectivity index (χ4v) is 1.01. The smallest absolute Gasteiger partial charge is 0.359 e. The lowest BCUT2D eigenvalue weighted by Crippen LogP contribution is -2.02. The Kier molecular flexibility index (Phi) is 3.32. The molecule has 1 unspecified atom stereocenters. The molecule has 0 saturated heterocycles. The Morgan fingerprint density at radius 2 is 1.77 bits per heavy atom. The van der Waals surface area contributed by atoms with Crippen LogP contribution in [-0.2, 0) is 15.5 Å². The van der Waals surface area contributed by atoms with E-state index >= 15 is 0 Å². The molecule has 72 valence electrons. The highest BCUT2D eigenvalue weighted by Crippen LogP contribution is 2.16. The van der Waals surface area contributed by atoms with Crippen molar-refractivity contribution in [3.05, 3.63) is 29.8 Å². The zero-order valence-corrected chi connectivity index (χ0v) is 7.44. The first kappa shape index (κ1) is 10.1. The second-order valence-corrected chi connectivity index (χ2v) is 2.97. The zero-order chi connectivity index (χ0) is 9.84. The maximum Gasteiger partial charge on any atom is 0.359 e. The van der Waals surface area contributed by atoms with Crippen molar-refractivity contribution < 1.29 is 21.4 Å². The van der Waals surface area contributed by atoms with Gasteiger partial charge in [-0.05, 0) is 0 Å². The standard InChI is InChI=1S/C7H6F2O3S/c1-11-13(10)12-7-3-5(8)2-6(9)4-7/h2-4H,1H3. The van der Waals surface area contributed by atoms with Gasteiger partial charge >= 0.3 is 11.4 Å². The lowest BCUT2D eigenvalue weighted by Gasteiger charge is -2.01. The number of hydrogen-bond donors (Lipinski definition) is 0. The Hall–Kier alpha value is -1.01. The van der Waals surface area contributed by atoms with Crippen molar-refractivity contribution in [1.29, 1.82) is 0 Å². The molecular formula is C7H6F2O3S. The van der Waals surface area contributed by atoms with E-state index in [-0.39, 0.29) is 5.75 Å². The van der Waals surface area contributed by atoms with E-state index in [4.69, 9.17) is 0 Å². The molecule has 1 rings (SSSR count). The van der Waals surface area contributed by atoms with E-state index < -0.39 is 23.0 Å². The van der Waals surface area contributed by atoms with Crippen LogP contribution in [-0.4, -0.2) is 11.3 Å². The third-order valence-electron chi connectivity index (χ3n) is 1.14. The van der Waals surface area contributed by atoms with Crippen molar-refractivity contribution in [3.63, 3.8) is 0 Å². The molecule has 0 aliphatic heterocycles. The van der Waals surface area contributed by atoms with Gasteiger partial charge in [0.15, 0.2) is 0 Å². The van der Waals surface area contributed by atoms with Gasteiger partial charge in [-0.2, -0.15) is 4.21 Å². The van der Waals surface area contributed by atoms with Crippen LogP contribution in [0.15, 0.2) is 18.2 Å². The molecule has 0 bridgehead atoms. The molecule has 0 aliphatic rings. The molecule has 13 heavy (non-hydrogen) atoms. The van der Waals surface area contributed by atoms with Gasteiger partial charge < -0.3 is 4.18 Å². The molecule has 6 heteroatoms. The number of benzene rings is 1. The van der Waals surface area contributed by atoms with E-state index in [0.29, 0.717) is 6.07 Å². The van der Waals surface area contributed by atoms with E-state index in [1.54, 1.807) is 0 Å². The van der Waals surface area contributed by atoms with Crippen LogP contribution in [0.25, 0.3) is 0 Å². The van der Waals surface area contributed by atoms with Gasteiger partial charge in [-0.15, -0.1) is 0 Å². The monoisotopic (exact) mass is 208 g/mol. The van der Waals surface area contributed by atoms with E-state index in [1.165, 1.54) is 0 Å². The van der Waals surface area contributed by atoms with Crippen LogP contribution in [0.3, 0.4) is 0 Å². The van der Waals surface area contributed by atoms with Gasteiger partial charge in [0.2, 0.25) is 0 Å². The van der Waals surface area contributed by atoms with E-state index in [0.717, 1.165) is 19.2 Å². The summed E-state index contributed by atoms with van der Waals surface area (Å²) in [6.45, 7) is 0. The van der Waals surface area contributed by atoms with Crippen LogP contribution in [0.1, 0.15) is 0 Å². The second kappa shape index (κ2) is 4.29. The minimum Gasteiger partial charge on any atom is -0.380 e. The number of rotatable bonds is 3. The summed E-state index contributed by atoms with van der Waals surface area (Å²) in [7, 11) is 1.14. The van der Waals surface area contributed by atoms with Crippen molar-refractivity contribution in [2.75, 3.05) is 7.11 Å².